The Morgan fingerprint density at radius 2 is 2.00 bits per heavy atom. The van der Waals surface area contributed by atoms with Crippen LogP contribution in [0.2, 0.25) is 0 Å². The second kappa shape index (κ2) is 6.81. The topological polar surface area (TPSA) is 91.9 Å². The van der Waals surface area contributed by atoms with Gasteiger partial charge in [-0.15, -0.1) is 0 Å². The minimum atomic E-state index is -3.43. The van der Waals surface area contributed by atoms with E-state index in [2.05, 4.69) is 14.7 Å². The number of carbonyl (C=O) groups is 1. The van der Waals surface area contributed by atoms with Crippen molar-refractivity contribution in [2.24, 2.45) is 0 Å². The van der Waals surface area contributed by atoms with Gasteiger partial charge >= 0.3 is 0 Å². The molecule has 27 heavy (non-hydrogen) atoms. The van der Waals surface area contributed by atoms with E-state index in [1.54, 1.807) is 36.7 Å². The summed E-state index contributed by atoms with van der Waals surface area (Å²) in [6.07, 6.45) is 6.65. The molecule has 0 saturated heterocycles. The van der Waals surface area contributed by atoms with Crippen LogP contribution in [0.5, 0.6) is 0 Å². The van der Waals surface area contributed by atoms with E-state index in [1.807, 2.05) is 13.0 Å². The van der Waals surface area contributed by atoms with Gasteiger partial charge in [0.25, 0.3) is 0 Å². The van der Waals surface area contributed by atoms with Crippen LogP contribution in [0.15, 0.2) is 42.7 Å². The van der Waals surface area contributed by atoms with Gasteiger partial charge in [-0.3, -0.25) is 9.52 Å². The van der Waals surface area contributed by atoms with Gasteiger partial charge in [-0.05, 0) is 43.5 Å². The fraction of sp³-hybridized carbons (Fsp3) is 0.300. The molecule has 0 atom stereocenters. The van der Waals surface area contributed by atoms with Crippen molar-refractivity contribution in [3.8, 4) is 0 Å². The highest BCUT2D eigenvalue weighted by atomic mass is 32.2. The lowest BCUT2D eigenvalue weighted by atomic mass is 10.0. The zero-order chi connectivity index (χ0) is 19.0. The average Bonchev–Trinajstić information content (AvgIpc) is 3.31. The quantitative estimate of drug-likeness (QED) is 0.656. The maximum absolute atomic E-state index is 13.0. The summed E-state index contributed by atoms with van der Waals surface area (Å²) in [5.74, 6) is -0.171. The highest BCUT2D eigenvalue weighted by Gasteiger charge is 2.28. The number of nitrogens with zero attached hydrogens (tertiary/aromatic N) is 1. The van der Waals surface area contributed by atoms with Crippen molar-refractivity contribution in [1.29, 1.82) is 0 Å². The van der Waals surface area contributed by atoms with Gasteiger partial charge in [0, 0.05) is 34.6 Å². The Hall–Kier alpha value is -2.67. The predicted octanol–water partition coefficient (Wildman–Crippen LogP) is 3.79. The van der Waals surface area contributed by atoms with Crippen molar-refractivity contribution in [1.82, 2.24) is 9.97 Å². The largest absolute Gasteiger partial charge is 0.345 e. The number of anilines is 1. The lowest BCUT2D eigenvalue weighted by Crippen LogP contribution is -2.25. The van der Waals surface area contributed by atoms with E-state index in [-0.39, 0.29) is 11.0 Å². The first-order chi connectivity index (χ1) is 12.9. The maximum Gasteiger partial charge on any atom is 0.235 e. The number of aromatic amines is 1. The van der Waals surface area contributed by atoms with Gasteiger partial charge in [0.2, 0.25) is 10.0 Å². The van der Waals surface area contributed by atoms with Crippen LogP contribution in [0.1, 0.15) is 47.2 Å². The van der Waals surface area contributed by atoms with E-state index in [0.717, 1.165) is 23.8 Å². The molecule has 0 unspecified atom stereocenters. The minimum Gasteiger partial charge on any atom is -0.345 e. The number of hydrogen-bond donors (Lipinski definition) is 2. The number of nitrogens with one attached hydrogen (secondary N) is 2. The zero-order valence-electron chi connectivity index (χ0n) is 15.0. The number of benzene rings is 1. The number of sulfonamides is 1. The van der Waals surface area contributed by atoms with Crippen LogP contribution in [-0.4, -0.2) is 29.4 Å². The Morgan fingerprint density at radius 3 is 2.78 bits per heavy atom. The molecular weight excluding hydrogens is 362 g/mol. The summed E-state index contributed by atoms with van der Waals surface area (Å²) >= 11 is 0. The molecule has 0 radical (unpaired) electrons. The molecule has 0 aliphatic heterocycles. The third-order valence-electron chi connectivity index (χ3n) is 5.04. The Balaban J connectivity index is 1.63. The number of ketones is 1. The summed E-state index contributed by atoms with van der Waals surface area (Å²) in [6, 6.07) is 8.57. The molecular formula is C20H21N3O3S. The number of hydrogen-bond acceptors (Lipinski definition) is 4. The molecule has 0 amide bonds. The van der Waals surface area contributed by atoms with Crippen LogP contribution in [-0.2, 0) is 10.0 Å². The zero-order valence-corrected chi connectivity index (χ0v) is 15.8. The Morgan fingerprint density at radius 1 is 1.22 bits per heavy atom. The lowest BCUT2D eigenvalue weighted by Gasteiger charge is -2.14. The number of fused-ring (bicyclic) bond motifs is 1. The van der Waals surface area contributed by atoms with Crippen LogP contribution in [0.4, 0.5) is 5.69 Å². The number of rotatable bonds is 5. The molecule has 1 aromatic carbocycles. The minimum absolute atomic E-state index is 0.171. The van der Waals surface area contributed by atoms with Gasteiger partial charge in [0.05, 0.1) is 5.25 Å². The highest BCUT2D eigenvalue weighted by molar-refractivity contribution is 7.93. The predicted molar refractivity (Wildman–Crippen MR) is 106 cm³/mol. The van der Waals surface area contributed by atoms with E-state index in [4.69, 9.17) is 0 Å². The first kappa shape index (κ1) is 17.7. The van der Waals surface area contributed by atoms with Crippen molar-refractivity contribution in [3.63, 3.8) is 0 Å². The van der Waals surface area contributed by atoms with Crippen molar-refractivity contribution < 1.29 is 13.2 Å². The van der Waals surface area contributed by atoms with Crippen molar-refractivity contribution in [2.45, 2.75) is 37.9 Å². The SMILES string of the molecule is Cc1cnc2[nH]cc(C(=O)c3cccc(NS(=O)(=O)C4CCCC4)c3)c2c1. The van der Waals surface area contributed by atoms with Crippen LogP contribution in [0.25, 0.3) is 11.0 Å². The molecule has 2 N–H and O–H groups in total. The van der Waals surface area contributed by atoms with E-state index >= 15 is 0 Å². The molecule has 3 aromatic rings. The molecule has 2 heterocycles. The molecule has 0 spiro atoms. The first-order valence-electron chi connectivity index (χ1n) is 9.04. The summed E-state index contributed by atoms with van der Waals surface area (Å²) in [5.41, 5.74) is 3.00. The van der Waals surface area contributed by atoms with Gasteiger partial charge in [-0.25, -0.2) is 13.4 Å². The van der Waals surface area contributed by atoms with Gasteiger partial charge in [0.15, 0.2) is 5.78 Å². The number of aryl methyl sites for hydroxylation is 1. The summed E-state index contributed by atoms with van der Waals surface area (Å²) in [7, 11) is -3.43. The molecule has 1 aliphatic carbocycles. The van der Waals surface area contributed by atoms with Gasteiger partial charge < -0.3 is 4.98 Å². The molecule has 7 heteroatoms. The van der Waals surface area contributed by atoms with Gasteiger partial charge in [-0.1, -0.05) is 25.0 Å². The van der Waals surface area contributed by atoms with Crippen LogP contribution in [0.3, 0.4) is 0 Å². The van der Waals surface area contributed by atoms with E-state index in [9.17, 15) is 13.2 Å². The number of aromatic nitrogens is 2. The van der Waals surface area contributed by atoms with Crippen molar-refractivity contribution in [2.75, 3.05) is 4.72 Å². The molecule has 1 fully saturated rings. The highest BCUT2D eigenvalue weighted by Crippen LogP contribution is 2.27. The van der Waals surface area contributed by atoms with Crippen molar-refractivity contribution >= 4 is 32.5 Å². The molecule has 1 aliphatic rings. The van der Waals surface area contributed by atoms with Crippen LogP contribution in [0, 0.1) is 6.92 Å². The van der Waals surface area contributed by atoms with Crippen LogP contribution < -0.4 is 4.72 Å². The van der Waals surface area contributed by atoms with Gasteiger partial charge in [0.1, 0.15) is 5.65 Å². The Bertz CT molecular complexity index is 1110. The maximum atomic E-state index is 13.0. The second-order valence-electron chi connectivity index (χ2n) is 7.07. The Labute approximate surface area is 158 Å². The number of H-pyrrole nitrogens is 1. The number of pyridine rings is 1. The average molecular weight is 383 g/mol. The fourth-order valence-electron chi connectivity index (χ4n) is 3.62. The molecule has 4 rings (SSSR count). The first-order valence-corrected chi connectivity index (χ1v) is 10.6. The van der Waals surface area contributed by atoms with Crippen molar-refractivity contribution in [3.05, 3.63) is 59.4 Å². The van der Waals surface area contributed by atoms with Crippen LogP contribution >= 0.6 is 0 Å². The number of carbonyl (C=O) groups excluding carboxylic acids is 1. The summed E-state index contributed by atoms with van der Waals surface area (Å²) in [4.78, 5) is 20.3. The van der Waals surface area contributed by atoms with E-state index < -0.39 is 10.0 Å². The third-order valence-corrected chi connectivity index (χ3v) is 6.91. The summed E-state index contributed by atoms with van der Waals surface area (Å²) < 4.78 is 27.7. The van der Waals surface area contributed by atoms with E-state index in [0.29, 0.717) is 35.3 Å². The molecule has 2 aromatic heterocycles. The van der Waals surface area contributed by atoms with E-state index in [1.165, 1.54) is 0 Å². The molecule has 140 valence electrons. The standard InChI is InChI=1S/C20H21N3O3S/c1-13-9-17-18(12-22-20(17)21-11-13)19(24)14-5-4-6-15(10-14)23-27(25,26)16-7-2-3-8-16/h4-6,9-12,16,23H,2-3,7-8H2,1H3,(H,21,22). The second-order valence-corrected chi connectivity index (χ2v) is 9.04. The Kier molecular flexibility index (Phi) is 4.47. The molecule has 1 saturated carbocycles. The molecule has 0 bridgehead atoms. The smallest absolute Gasteiger partial charge is 0.235 e. The molecule has 6 nitrogen and oxygen atoms in total. The monoisotopic (exact) mass is 383 g/mol. The lowest BCUT2D eigenvalue weighted by molar-refractivity contribution is 0.104. The third kappa shape index (κ3) is 3.47. The normalized spacial score (nSPS) is 15.3. The summed E-state index contributed by atoms with van der Waals surface area (Å²) in [6.45, 7) is 1.92. The van der Waals surface area contributed by atoms with Gasteiger partial charge in [-0.2, -0.15) is 0 Å². The summed E-state index contributed by atoms with van der Waals surface area (Å²) in [5, 5.41) is 0.413. The fourth-order valence-corrected chi connectivity index (χ4v) is 5.20.